The van der Waals surface area contributed by atoms with E-state index in [1.165, 1.54) is 12.8 Å². The second-order valence-corrected chi connectivity index (χ2v) is 4.41. The van der Waals surface area contributed by atoms with Gasteiger partial charge in [-0.25, -0.2) is 0 Å². The number of rotatable bonds is 6. The molecule has 94 valence electrons. The molecule has 1 fully saturated rings. The molecule has 0 aliphatic heterocycles. The largest absolute Gasteiger partial charge is 0.453 e. The number of carbonyl (C=O) groups is 1. The van der Waals surface area contributed by atoms with Crippen LogP contribution >= 0.6 is 0 Å². The lowest BCUT2D eigenvalue weighted by molar-refractivity contribution is 0.0914. The van der Waals surface area contributed by atoms with E-state index in [1.54, 1.807) is 19.2 Å². The first kappa shape index (κ1) is 12.1. The topological polar surface area (TPSA) is 77.5 Å². The van der Waals surface area contributed by atoms with Gasteiger partial charge in [0.1, 0.15) is 12.4 Å². The fraction of sp³-hybridized carbons (Fsp3) is 0.583. The Labute approximate surface area is 100 Å². The van der Waals surface area contributed by atoms with Crippen LogP contribution in [0.2, 0.25) is 0 Å². The van der Waals surface area contributed by atoms with Crippen molar-refractivity contribution < 1.29 is 13.9 Å². The molecule has 1 heterocycles. The standard InChI is InChI=1S/C12H18N2O3/c1-16-7-9-4-5-11(17-9)12(15)14-6-10(13)8-2-3-8/h4-5,8,10H,2-3,6-7,13H2,1H3,(H,14,15). The Morgan fingerprint density at radius 1 is 1.65 bits per heavy atom. The summed E-state index contributed by atoms with van der Waals surface area (Å²) in [7, 11) is 1.58. The van der Waals surface area contributed by atoms with Crippen molar-refractivity contribution in [1.82, 2.24) is 5.32 Å². The van der Waals surface area contributed by atoms with Gasteiger partial charge in [-0.2, -0.15) is 0 Å². The fourth-order valence-electron chi connectivity index (χ4n) is 1.71. The average Bonchev–Trinajstić information content (AvgIpc) is 3.07. The summed E-state index contributed by atoms with van der Waals surface area (Å²) >= 11 is 0. The predicted molar refractivity (Wildman–Crippen MR) is 62.5 cm³/mol. The van der Waals surface area contributed by atoms with Gasteiger partial charge in [-0.15, -0.1) is 0 Å². The first-order valence-electron chi connectivity index (χ1n) is 5.82. The van der Waals surface area contributed by atoms with Crippen molar-refractivity contribution in [3.8, 4) is 0 Å². The van der Waals surface area contributed by atoms with E-state index in [0.717, 1.165) is 0 Å². The maximum atomic E-state index is 11.7. The molecule has 0 spiro atoms. The van der Waals surface area contributed by atoms with Crippen LogP contribution in [-0.4, -0.2) is 25.6 Å². The SMILES string of the molecule is COCc1ccc(C(=O)NCC(N)C2CC2)o1. The van der Waals surface area contributed by atoms with E-state index >= 15 is 0 Å². The van der Waals surface area contributed by atoms with Crippen LogP contribution < -0.4 is 11.1 Å². The zero-order valence-electron chi connectivity index (χ0n) is 9.94. The molecule has 3 N–H and O–H groups in total. The van der Waals surface area contributed by atoms with Crippen molar-refractivity contribution in [1.29, 1.82) is 0 Å². The van der Waals surface area contributed by atoms with Crippen LogP contribution in [0.3, 0.4) is 0 Å². The Hall–Kier alpha value is -1.33. The van der Waals surface area contributed by atoms with Crippen molar-refractivity contribution in [3.63, 3.8) is 0 Å². The number of nitrogens with one attached hydrogen (secondary N) is 1. The summed E-state index contributed by atoms with van der Waals surface area (Å²) in [6.07, 6.45) is 2.35. The zero-order chi connectivity index (χ0) is 12.3. The molecule has 1 saturated carbocycles. The lowest BCUT2D eigenvalue weighted by Gasteiger charge is -2.10. The minimum atomic E-state index is -0.219. The number of nitrogens with two attached hydrogens (primary N) is 1. The van der Waals surface area contributed by atoms with E-state index in [4.69, 9.17) is 14.9 Å². The summed E-state index contributed by atoms with van der Waals surface area (Å²) < 4.78 is 10.2. The molecule has 1 aromatic heterocycles. The third-order valence-corrected chi connectivity index (χ3v) is 2.90. The zero-order valence-corrected chi connectivity index (χ0v) is 9.94. The predicted octanol–water partition coefficient (Wildman–Crippen LogP) is 0.893. The van der Waals surface area contributed by atoms with Crippen LogP contribution in [0.5, 0.6) is 0 Å². The number of hydrogen-bond acceptors (Lipinski definition) is 4. The van der Waals surface area contributed by atoms with Crippen LogP contribution in [0.1, 0.15) is 29.2 Å². The van der Waals surface area contributed by atoms with Gasteiger partial charge in [-0.05, 0) is 30.9 Å². The third kappa shape index (κ3) is 3.31. The smallest absolute Gasteiger partial charge is 0.287 e. The van der Waals surface area contributed by atoms with Crippen molar-refractivity contribution in [2.24, 2.45) is 11.7 Å². The maximum absolute atomic E-state index is 11.7. The summed E-state index contributed by atoms with van der Waals surface area (Å²) in [4.78, 5) is 11.7. The Balaban J connectivity index is 1.81. The fourth-order valence-corrected chi connectivity index (χ4v) is 1.71. The molecule has 0 saturated heterocycles. The minimum absolute atomic E-state index is 0.0624. The van der Waals surface area contributed by atoms with Crippen molar-refractivity contribution in [2.75, 3.05) is 13.7 Å². The summed E-state index contributed by atoms with van der Waals surface area (Å²) in [5.41, 5.74) is 5.89. The average molecular weight is 238 g/mol. The van der Waals surface area contributed by atoms with E-state index < -0.39 is 0 Å². The number of carbonyl (C=O) groups excluding carboxylic acids is 1. The third-order valence-electron chi connectivity index (χ3n) is 2.90. The van der Waals surface area contributed by atoms with Crippen LogP contribution in [0.4, 0.5) is 0 Å². The highest BCUT2D eigenvalue weighted by atomic mass is 16.5. The number of ether oxygens (including phenoxy) is 1. The first-order chi connectivity index (χ1) is 8.20. The van der Waals surface area contributed by atoms with Gasteiger partial charge < -0.3 is 20.2 Å². The van der Waals surface area contributed by atoms with Gasteiger partial charge >= 0.3 is 0 Å². The molecule has 0 bridgehead atoms. The molecule has 1 aliphatic rings. The normalized spacial score (nSPS) is 16.8. The second kappa shape index (κ2) is 5.33. The summed E-state index contributed by atoms with van der Waals surface area (Å²) in [6.45, 7) is 0.874. The Morgan fingerprint density at radius 2 is 2.41 bits per heavy atom. The Morgan fingerprint density at radius 3 is 3.06 bits per heavy atom. The molecular formula is C12H18N2O3. The Bertz CT molecular complexity index is 385. The quantitative estimate of drug-likeness (QED) is 0.771. The van der Waals surface area contributed by atoms with Gasteiger partial charge in [-0.3, -0.25) is 4.79 Å². The van der Waals surface area contributed by atoms with Crippen LogP contribution in [-0.2, 0) is 11.3 Å². The van der Waals surface area contributed by atoms with Gasteiger partial charge in [0.15, 0.2) is 5.76 Å². The highest BCUT2D eigenvalue weighted by Gasteiger charge is 2.28. The van der Waals surface area contributed by atoms with E-state index in [1.807, 2.05) is 0 Å². The summed E-state index contributed by atoms with van der Waals surface area (Å²) in [5, 5.41) is 2.78. The lowest BCUT2D eigenvalue weighted by Crippen LogP contribution is -2.38. The highest BCUT2D eigenvalue weighted by Crippen LogP contribution is 2.31. The number of methoxy groups -OCH3 is 1. The molecule has 1 unspecified atom stereocenters. The highest BCUT2D eigenvalue weighted by molar-refractivity contribution is 5.91. The monoisotopic (exact) mass is 238 g/mol. The first-order valence-corrected chi connectivity index (χ1v) is 5.82. The van der Waals surface area contributed by atoms with Gasteiger partial charge in [0.25, 0.3) is 5.91 Å². The van der Waals surface area contributed by atoms with Crippen LogP contribution in [0, 0.1) is 5.92 Å². The molecular weight excluding hydrogens is 220 g/mol. The summed E-state index contributed by atoms with van der Waals surface area (Å²) in [5.74, 6) is 1.31. The number of amides is 1. The molecule has 17 heavy (non-hydrogen) atoms. The van der Waals surface area contributed by atoms with Crippen molar-refractivity contribution >= 4 is 5.91 Å². The molecule has 5 nitrogen and oxygen atoms in total. The van der Waals surface area contributed by atoms with Gasteiger partial charge in [-0.1, -0.05) is 0 Å². The molecule has 1 aromatic rings. The second-order valence-electron chi connectivity index (χ2n) is 4.41. The van der Waals surface area contributed by atoms with Crippen LogP contribution in [0.25, 0.3) is 0 Å². The van der Waals surface area contributed by atoms with E-state index in [9.17, 15) is 4.79 Å². The molecule has 5 heteroatoms. The van der Waals surface area contributed by atoms with Crippen molar-refractivity contribution in [3.05, 3.63) is 23.7 Å². The molecule has 0 aromatic carbocycles. The van der Waals surface area contributed by atoms with E-state index in [-0.39, 0.29) is 11.9 Å². The van der Waals surface area contributed by atoms with Gasteiger partial charge in [0, 0.05) is 19.7 Å². The molecule has 0 radical (unpaired) electrons. The van der Waals surface area contributed by atoms with E-state index in [2.05, 4.69) is 5.32 Å². The van der Waals surface area contributed by atoms with Crippen molar-refractivity contribution in [2.45, 2.75) is 25.5 Å². The minimum Gasteiger partial charge on any atom is -0.453 e. The van der Waals surface area contributed by atoms with Gasteiger partial charge in [0.2, 0.25) is 0 Å². The van der Waals surface area contributed by atoms with Crippen LogP contribution in [0.15, 0.2) is 16.5 Å². The molecule has 2 rings (SSSR count). The number of furan rings is 1. The Kier molecular flexibility index (Phi) is 3.81. The molecule has 1 atom stereocenters. The molecule has 1 aliphatic carbocycles. The lowest BCUT2D eigenvalue weighted by atomic mass is 10.2. The van der Waals surface area contributed by atoms with E-state index in [0.29, 0.717) is 30.6 Å². The van der Waals surface area contributed by atoms with Gasteiger partial charge in [0.05, 0.1) is 0 Å². The molecule has 1 amide bonds. The summed E-state index contributed by atoms with van der Waals surface area (Å²) in [6, 6.07) is 3.44. The maximum Gasteiger partial charge on any atom is 0.287 e. The number of hydrogen-bond donors (Lipinski definition) is 2.